The Labute approximate surface area is 114 Å². The first-order valence-corrected chi connectivity index (χ1v) is 6.08. The molecule has 108 valence electrons. The van der Waals surface area contributed by atoms with Crippen LogP contribution in [-0.4, -0.2) is 29.8 Å². The van der Waals surface area contributed by atoms with Crippen LogP contribution < -0.4 is 11.5 Å². The number of carbonyl (C=O) groups excluding carboxylic acids is 2. The molecule has 0 bridgehead atoms. The SMILES string of the molecule is CC1(C(N)=O)CCN(C(=O)c2cc(F)c(F)cc2N)C1. The molecular formula is C13H15F2N3O2. The predicted octanol–water partition coefficient (Wildman–Crippen LogP) is 0.884. The maximum absolute atomic E-state index is 13.2. The van der Waals surface area contributed by atoms with Crippen LogP contribution in [0.15, 0.2) is 12.1 Å². The monoisotopic (exact) mass is 283 g/mol. The highest BCUT2D eigenvalue weighted by atomic mass is 19.2. The van der Waals surface area contributed by atoms with Crippen LogP contribution in [-0.2, 0) is 4.79 Å². The molecule has 20 heavy (non-hydrogen) atoms. The zero-order valence-corrected chi connectivity index (χ0v) is 11.0. The van der Waals surface area contributed by atoms with Crippen molar-refractivity contribution in [2.75, 3.05) is 18.8 Å². The number of hydrogen-bond acceptors (Lipinski definition) is 3. The third kappa shape index (κ3) is 2.31. The van der Waals surface area contributed by atoms with Crippen molar-refractivity contribution in [3.8, 4) is 0 Å². The van der Waals surface area contributed by atoms with Gasteiger partial charge in [-0.1, -0.05) is 0 Å². The molecule has 1 aliphatic heterocycles. The summed E-state index contributed by atoms with van der Waals surface area (Å²) in [4.78, 5) is 25.0. The number of halogens is 2. The average Bonchev–Trinajstić information content (AvgIpc) is 2.77. The number of primary amides is 1. The van der Waals surface area contributed by atoms with Crippen molar-refractivity contribution in [1.82, 2.24) is 4.90 Å². The van der Waals surface area contributed by atoms with E-state index in [0.717, 1.165) is 12.1 Å². The molecule has 1 aliphatic rings. The predicted molar refractivity (Wildman–Crippen MR) is 68.6 cm³/mol. The minimum Gasteiger partial charge on any atom is -0.398 e. The van der Waals surface area contributed by atoms with E-state index in [1.54, 1.807) is 6.92 Å². The second kappa shape index (κ2) is 4.73. The van der Waals surface area contributed by atoms with Crippen molar-refractivity contribution >= 4 is 17.5 Å². The minimum atomic E-state index is -1.14. The standard InChI is InChI=1S/C13H15F2N3O2/c1-13(12(17)20)2-3-18(6-13)11(19)7-4-8(14)9(15)5-10(7)16/h4-5H,2-3,6,16H2,1H3,(H2,17,20). The Morgan fingerprint density at radius 1 is 1.30 bits per heavy atom. The summed E-state index contributed by atoms with van der Waals surface area (Å²) >= 11 is 0. The molecule has 1 atom stereocenters. The van der Waals surface area contributed by atoms with Crippen LogP contribution in [0.1, 0.15) is 23.7 Å². The summed E-state index contributed by atoms with van der Waals surface area (Å²) in [5.41, 5.74) is 9.78. The van der Waals surface area contributed by atoms with Crippen LogP contribution in [0.4, 0.5) is 14.5 Å². The number of anilines is 1. The number of nitrogen functional groups attached to an aromatic ring is 1. The maximum atomic E-state index is 13.2. The van der Waals surface area contributed by atoms with Gasteiger partial charge in [0.15, 0.2) is 11.6 Å². The Morgan fingerprint density at radius 3 is 2.45 bits per heavy atom. The molecule has 0 aromatic heterocycles. The molecule has 0 spiro atoms. The summed E-state index contributed by atoms with van der Waals surface area (Å²) in [5.74, 6) is -3.28. The van der Waals surface area contributed by atoms with E-state index in [1.807, 2.05) is 0 Å². The first kappa shape index (κ1) is 14.2. The molecule has 1 aromatic carbocycles. The van der Waals surface area contributed by atoms with E-state index >= 15 is 0 Å². The summed E-state index contributed by atoms with van der Waals surface area (Å²) in [6.45, 7) is 2.12. The molecule has 4 N–H and O–H groups in total. The Balaban J connectivity index is 2.26. The van der Waals surface area contributed by atoms with Crippen LogP contribution in [0.5, 0.6) is 0 Å². The highest BCUT2D eigenvalue weighted by Gasteiger charge is 2.41. The van der Waals surface area contributed by atoms with Gasteiger partial charge in [0, 0.05) is 24.8 Å². The molecule has 1 fully saturated rings. The second-order valence-electron chi connectivity index (χ2n) is 5.26. The molecule has 2 amide bonds. The fourth-order valence-corrected chi connectivity index (χ4v) is 2.25. The molecule has 1 heterocycles. The van der Waals surface area contributed by atoms with E-state index < -0.39 is 28.9 Å². The normalized spacial score (nSPS) is 22.1. The van der Waals surface area contributed by atoms with Gasteiger partial charge in [0.1, 0.15) is 0 Å². The lowest BCUT2D eigenvalue weighted by Gasteiger charge is -2.21. The van der Waals surface area contributed by atoms with Crippen molar-refractivity contribution in [1.29, 1.82) is 0 Å². The minimum absolute atomic E-state index is 0.113. The first-order valence-electron chi connectivity index (χ1n) is 6.08. The van der Waals surface area contributed by atoms with E-state index in [9.17, 15) is 18.4 Å². The number of likely N-dealkylation sites (tertiary alicyclic amines) is 1. The van der Waals surface area contributed by atoms with E-state index in [2.05, 4.69) is 0 Å². The van der Waals surface area contributed by atoms with Crippen LogP contribution >= 0.6 is 0 Å². The van der Waals surface area contributed by atoms with Crippen molar-refractivity contribution < 1.29 is 18.4 Å². The number of carbonyl (C=O) groups is 2. The molecule has 0 aliphatic carbocycles. The Bertz CT molecular complexity index is 591. The van der Waals surface area contributed by atoms with E-state index in [0.29, 0.717) is 13.0 Å². The first-order chi connectivity index (χ1) is 9.24. The zero-order chi connectivity index (χ0) is 15.1. The van der Waals surface area contributed by atoms with Gasteiger partial charge in [0.2, 0.25) is 5.91 Å². The molecule has 0 saturated carbocycles. The molecule has 5 nitrogen and oxygen atoms in total. The van der Waals surface area contributed by atoms with Crippen LogP contribution in [0.2, 0.25) is 0 Å². The third-order valence-electron chi connectivity index (χ3n) is 3.68. The Morgan fingerprint density at radius 2 is 1.90 bits per heavy atom. The summed E-state index contributed by atoms with van der Waals surface area (Å²) in [6, 6.07) is 1.54. The number of nitrogens with two attached hydrogens (primary N) is 2. The van der Waals surface area contributed by atoms with Gasteiger partial charge in [0.05, 0.1) is 11.0 Å². The van der Waals surface area contributed by atoms with Gasteiger partial charge in [-0.15, -0.1) is 0 Å². The number of hydrogen-bond donors (Lipinski definition) is 2. The topological polar surface area (TPSA) is 89.4 Å². The van der Waals surface area contributed by atoms with Gasteiger partial charge < -0.3 is 16.4 Å². The van der Waals surface area contributed by atoms with Crippen LogP contribution in [0.3, 0.4) is 0 Å². The van der Waals surface area contributed by atoms with E-state index in [-0.39, 0.29) is 17.8 Å². The summed E-state index contributed by atoms with van der Waals surface area (Å²) < 4.78 is 26.2. The average molecular weight is 283 g/mol. The molecule has 0 radical (unpaired) electrons. The van der Waals surface area contributed by atoms with Gasteiger partial charge in [-0.3, -0.25) is 9.59 Å². The molecule has 1 unspecified atom stereocenters. The van der Waals surface area contributed by atoms with Crippen molar-refractivity contribution in [2.24, 2.45) is 11.1 Å². The summed E-state index contributed by atoms with van der Waals surface area (Å²) in [7, 11) is 0. The molecule has 1 aromatic rings. The Hall–Kier alpha value is -2.18. The van der Waals surface area contributed by atoms with Crippen LogP contribution in [0, 0.1) is 17.0 Å². The Kier molecular flexibility index (Phi) is 3.37. The van der Waals surface area contributed by atoms with Gasteiger partial charge in [0.25, 0.3) is 5.91 Å². The molecule has 2 rings (SSSR count). The highest BCUT2D eigenvalue weighted by Crippen LogP contribution is 2.31. The van der Waals surface area contributed by atoms with Gasteiger partial charge in [-0.05, 0) is 19.4 Å². The lowest BCUT2D eigenvalue weighted by Crippen LogP contribution is -2.38. The fraction of sp³-hybridized carbons (Fsp3) is 0.385. The summed E-state index contributed by atoms with van der Waals surface area (Å²) in [6.07, 6.45) is 0.428. The molecule has 7 heteroatoms. The van der Waals surface area contributed by atoms with Crippen molar-refractivity contribution in [3.05, 3.63) is 29.3 Å². The van der Waals surface area contributed by atoms with Gasteiger partial charge in [-0.25, -0.2) is 8.78 Å². The highest BCUT2D eigenvalue weighted by molar-refractivity contribution is 5.99. The number of benzene rings is 1. The van der Waals surface area contributed by atoms with Crippen molar-refractivity contribution in [2.45, 2.75) is 13.3 Å². The zero-order valence-electron chi connectivity index (χ0n) is 11.0. The second-order valence-corrected chi connectivity index (χ2v) is 5.26. The van der Waals surface area contributed by atoms with Crippen LogP contribution in [0.25, 0.3) is 0 Å². The van der Waals surface area contributed by atoms with Crippen molar-refractivity contribution in [3.63, 3.8) is 0 Å². The fourth-order valence-electron chi connectivity index (χ4n) is 2.25. The van der Waals surface area contributed by atoms with E-state index in [4.69, 9.17) is 11.5 Å². The summed E-state index contributed by atoms with van der Waals surface area (Å²) in [5, 5.41) is 0. The largest absolute Gasteiger partial charge is 0.398 e. The van der Waals surface area contributed by atoms with Gasteiger partial charge in [-0.2, -0.15) is 0 Å². The number of nitrogens with zero attached hydrogens (tertiary/aromatic N) is 1. The maximum Gasteiger partial charge on any atom is 0.256 e. The molecular weight excluding hydrogens is 268 g/mol. The third-order valence-corrected chi connectivity index (χ3v) is 3.68. The lowest BCUT2D eigenvalue weighted by atomic mass is 9.89. The van der Waals surface area contributed by atoms with E-state index in [1.165, 1.54) is 4.90 Å². The number of rotatable bonds is 2. The molecule has 1 saturated heterocycles. The lowest BCUT2D eigenvalue weighted by molar-refractivity contribution is -0.126. The van der Waals surface area contributed by atoms with Gasteiger partial charge >= 0.3 is 0 Å². The smallest absolute Gasteiger partial charge is 0.256 e. The number of amides is 2. The quantitative estimate of drug-likeness (QED) is 0.790.